The van der Waals surface area contributed by atoms with E-state index in [1.807, 2.05) is 11.0 Å². The average molecular weight is 356 g/mol. The van der Waals surface area contributed by atoms with Gasteiger partial charge in [0.25, 0.3) is 0 Å². The summed E-state index contributed by atoms with van der Waals surface area (Å²) in [5.74, 6) is 0.587. The van der Waals surface area contributed by atoms with Gasteiger partial charge in [-0.3, -0.25) is 4.68 Å². The molecule has 1 saturated heterocycles. The molecule has 0 aromatic carbocycles. The lowest BCUT2D eigenvalue weighted by Crippen LogP contribution is -2.37. The van der Waals surface area contributed by atoms with Gasteiger partial charge in [0.15, 0.2) is 11.4 Å². The summed E-state index contributed by atoms with van der Waals surface area (Å²) in [4.78, 5) is 6.14. The zero-order chi connectivity index (χ0) is 17.3. The molecule has 3 heterocycles. The number of halogens is 4. The monoisotopic (exact) mass is 355 g/mol. The molecule has 0 amide bonds. The molecule has 2 aromatic heterocycles. The van der Waals surface area contributed by atoms with Gasteiger partial charge in [-0.2, -0.15) is 23.5 Å². The number of piperidine rings is 1. The molecule has 9 heteroatoms. The SMILES string of the molecule is N#Cc1nc(N2CCCC(n3ccc(C(F)(F)F)n3)C2)ccc1Cl. The molecule has 1 aliphatic rings. The van der Waals surface area contributed by atoms with Crippen molar-refractivity contribution in [2.75, 3.05) is 18.0 Å². The van der Waals surface area contributed by atoms with Crippen molar-refractivity contribution < 1.29 is 13.2 Å². The van der Waals surface area contributed by atoms with Gasteiger partial charge in [0.05, 0.1) is 11.1 Å². The smallest absolute Gasteiger partial charge is 0.354 e. The van der Waals surface area contributed by atoms with Crippen molar-refractivity contribution in [3.05, 3.63) is 40.8 Å². The molecular weight excluding hydrogens is 343 g/mol. The summed E-state index contributed by atoms with van der Waals surface area (Å²) in [6.07, 6.45) is -1.57. The number of nitriles is 1. The topological polar surface area (TPSA) is 57.7 Å². The highest BCUT2D eigenvalue weighted by Crippen LogP contribution is 2.30. The predicted octanol–water partition coefficient (Wildman–Crippen LogP) is 3.66. The van der Waals surface area contributed by atoms with E-state index in [4.69, 9.17) is 16.9 Å². The Hall–Kier alpha value is -2.27. The molecule has 0 N–H and O–H groups in total. The van der Waals surface area contributed by atoms with Gasteiger partial charge in [-0.1, -0.05) is 11.6 Å². The van der Waals surface area contributed by atoms with Crippen LogP contribution < -0.4 is 4.90 Å². The highest BCUT2D eigenvalue weighted by molar-refractivity contribution is 6.31. The lowest BCUT2D eigenvalue weighted by atomic mass is 10.1. The Morgan fingerprint density at radius 3 is 2.75 bits per heavy atom. The Balaban J connectivity index is 1.80. The number of aromatic nitrogens is 3. The van der Waals surface area contributed by atoms with E-state index < -0.39 is 11.9 Å². The second-order valence-corrected chi connectivity index (χ2v) is 5.94. The van der Waals surface area contributed by atoms with Gasteiger partial charge in [-0.05, 0) is 31.0 Å². The molecule has 0 spiro atoms. The van der Waals surface area contributed by atoms with Crippen molar-refractivity contribution in [2.45, 2.75) is 25.1 Å². The first-order valence-corrected chi connectivity index (χ1v) is 7.70. The maximum Gasteiger partial charge on any atom is 0.435 e. The number of pyridine rings is 1. The third-order valence-corrected chi connectivity index (χ3v) is 4.24. The summed E-state index contributed by atoms with van der Waals surface area (Å²) in [5.41, 5.74) is -0.759. The van der Waals surface area contributed by atoms with E-state index in [0.717, 1.165) is 18.9 Å². The van der Waals surface area contributed by atoms with Gasteiger partial charge < -0.3 is 4.90 Å². The van der Waals surface area contributed by atoms with Crippen molar-refractivity contribution >= 4 is 17.4 Å². The number of anilines is 1. The maximum absolute atomic E-state index is 12.7. The first kappa shape index (κ1) is 16.6. The summed E-state index contributed by atoms with van der Waals surface area (Å²) < 4.78 is 39.4. The second kappa shape index (κ2) is 6.32. The number of rotatable bonds is 2. The van der Waals surface area contributed by atoms with Crippen molar-refractivity contribution in [1.82, 2.24) is 14.8 Å². The van der Waals surface area contributed by atoms with Crippen LogP contribution in [0.5, 0.6) is 0 Å². The number of alkyl halides is 3. The molecule has 126 valence electrons. The fraction of sp³-hybridized carbons (Fsp3) is 0.400. The van der Waals surface area contributed by atoms with Gasteiger partial charge in [0.1, 0.15) is 11.9 Å². The number of hydrogen-bond acceptors (Lipinski definition) is 4. The molecule has 0 radical (unpaired) electrons. The molecule has 5 nitrogen and oxygen atoms in total. The summed E-state index contributed by atoms with van der Waals surface area (Å²) in [6, 6.07) is 6.03. The van der Waals surface area contributed by atoms with E-state index in [2.05, 4.69) is 10.1 Å². The van der Waals surface area contributed by atoms with Crippen LogP contribution in [0.2, 0.25) is 5.02 Å². The Bertz CT molecular complexity index is 780. The van der Waals surface area contributed by atoms with Crippen LogP contribution in [-0.2, 0) is 6.18 Å². The fourth-order valence-corrected chi connectivity index (χ4v) is 2.91. The summed E-state index contributed by atoms with van der Waals surface area (Å²) >= 11 is 5.88. The van der Waals surface area contributed by atoms with Crippen LogP contribution in [0, 0.1) is 11.3 Å². The Kier molecular flexibility index (Phi) is 4.37. The molecule has 24 heavy (non-hydrogen) atoms. The van der Waals surface area contributed by atoms with E-state index in [9.17, 15) is 13.2 Å². The molecule has 0 aliphatic carbocycles. The van der Waals surface area contributed by atoms with E-state index in [1.54, 1.807) is 12.1 Å². The van der Waals surface area contributed by atoms with Gasteiger partial charge in [-0.15, -0.1) is 0 Å². The van der Waals surface area contributed by atoms with Crippen molar-refractivity contribution in [2.24, 2.45) is 0 Å². The molecule has 3 rings (SSSR count). The Morgan fingerprint density at radius 1 is 1.29 bits per heavy atom. The fourth-order valence-electron chi connectivity index (χ4n) is 2.76. The second-order valence-electron chi connectivity index (χ2n) is 5.53. The van der Waals surface area contributed by atoms with E-state index >= 15 is 0 Å². The van der Waals surface area contributed by atoms with Crippen molar-refractivity contribution in [3.8, 4) is 6.07 Å². The number of hydrogen-bond donors (Lipinski definition) is 0. The summed E-state index contributed by atoms with van der Waals surface area (Å²) in [5, 5.41) is 12.9. The van der Waals surface area contributed by atoms with Crippen molar-refractivity contribution in [1.29, 1.82) is 5.26 Å². The normalized spacial score (nSPS) is 18.5. The minimum Gasteiger partial charge on any atom is -0.354 e. The van der Waals surface area contributed by atoms with Crippen LogP contribution in [-0.4, -0.2) is 27.9 Å². The Labute approximate surface area is 141 Å². The quantitative estimate of drug-likeness (QED) is 0.824. The first-order chi connectivity index (χ1) is 11.4. The highest BCUT2D eigenvalue weighted by Gasteiger charge is 2.34. The lowest BCUT2D eigenvalue weighted by Gasteiger charge is -2.33. The van der Waals surface area contributed by atoms with Crippen LogP contribution in [0.25, 0.3) is 0 Å². The molecular formula is C15H13ClF3N5. The van der Waals surface area contributed by atoms with E-state index in [1.165, 1.54) is 10.9 Å². The first-order valence-electron chi connectivity index (χ1n) is 7.32. The molecule has 2 aromatic rings. The lowest BCUT2D eigenvalue weighted by molar-refractivity contribution is -0.141. The summed E-state index contributed by atoms with van der Waals surface area (Å²) in [7, 11) is 0. The van der Waals surface area contributed by atoms with Gasteiger partial charge in [0.2, 0.25) is 0 Å². The molecule has 0 bridgehead atoms. The number of nitrogens with zero attached hydrogens (tertiary/aromatic N) is 5. The van der Waals surface area contributed by atoms with E-state index in [0.29, 0.717) is 18.9 Å². The molecule has 1 fully saturated rings. The summed E-state index contributed by atoms with van der Waals surface area (Å²) in [6.45, 7) is 1.18. The molecule has 1 unspecified atom stereocenters. The zero-order valence-electron chi connectivity index (χ0n) is 12.5. The van der Waals surface area contributed by atoms with Gasteiger partial charge in [-0.25, -0.2) is 4.98 Å². The predicted molar refractivity (Wildman–Crippen MR) is 81.7 cm³/mol. The molecule has 1 atom stereocenters. The standard InChI is InChI=1S/C15H13ClF3N5/c16-11-3-4-14(21-12(11)8-20)23-6-1-2-10(9-23)24-7-5-13(22-24)15(17,18)19/h3-5,7,10H,1-2,6,9H2. The van der Waals surface area contributed by atoms with E-state index in [-0.39, 0.29) is 16.8 Å². The van der Waals surface area contributed by atoms with Gasteiger partial charge in [0, 0.05) is 19.3 Å². The average Bonchev–Trinajstić information content (AvgIpc) is 3.06. The largest absolute Gasteiger partial charge is 0.435 e. The van der Waals surface area contributed by atoms with Crippen LogP contribution in [0.15, 0.2) is 24.4 Å². The Morgan fingerprint density at radius 2 is 2.08 bits per heavy atom. The van der Waals surface area contributed by atoms with Gasteiger partial charge >= 0.3 is 6.18 Å². The maximum atomic E-state index is 12.7. The zero-order valence-corrected chi connectivity index (χ0v) is 13.2. The molecule has 1 aliphatic heterocycles. The van der Waals surface area contributed by atoms with Crippen LogP contribution in [0.3, 0.4) is 0 Å². The third kappa shape index (κ3) is 3.31. The highest BCUT2D eigenvalue weighted by atomic mass is 35.5. The van der Waals surface area contributed by atoms with Crippen LogP contribution in [0.4, 0.5) is 19.0 Å². The third-order valence-electron chi connectivity index (χ3n) is 3.93. The van der Waals surface area contributed by atoms with Crippen LogP contribution in [0.1, 0.15) is 30.3 Å². The van der Waals surface area contributed by atoms with Crippen LogP contribution >= 0.6 is 11.6 Å². The van der Waals surface area contributed by atoms with Crippen molar-refractivity contribution in [3.63, 3.8) is 0 Å². The molecule has 0 saturated carbocycles. The minimum absolute atomic E-state index is 0.134. The minimum atomic E-state index is -4.45.